The van der Waals surface area contributed by atoms with Gasteiger partial charge >= 0.3 is 0 Å². The molecule has 148 valence electrons. The van der Waals surface area contributed by atoms with Crippen LogP contribution in [0.25, 0.3) is 11.1 Å². The maximum Gasteiger partial charge on any atom is 0.123 e. The van der Waals surface area contributed by atoms with Gasteiger partial charge in [0.1, 0.15) is 17.7 Å². The number of nitrogens with two attached hydrogens (primary N) is 1. The molecule has 0 fully saturated rings. The van der Waals surface area contributed by atoms with Crippen LogP contribution in [-0.2, 0) is 12.0 Å². The van der Waals surface area contributed by atoms with E-state index in [-0.39, 0.29) is 36.7 Å². The van der Waals surface area contributed by atoms with Crippen molar-refractivity contribution in [1.29, 1.82) is 0 Å². The first-order valence-corrected chi connectivity index (χ1v) is 8.79. The first-order valence-electron chi connectivity index (χ1n) is 8.79. The standard InChI is InChI=1S/C22H21FN2O.2ClH/c1-22(24,21-11-8-16-4-2-3-5-20(16)26-21)18-12-17(13-25-14-18)15-6-9-19(23)10-7-15;;/h2-7,9-10,12-14,21H,8,11,24H2,1H3;2*1H/t21-,22?;;/m1../s1. The molecule has 2 atom stereocenters. The molecule has 1 aliphatic heterocycles. The molecule has 0 bridgehead atoms. The van der Waals surface area contributed by atoms with Gasteiger partial charge in [-0.2, -0.15) is 0 Å². The summed E-state index contributed by atoms with van der Waals surface area (Å²) < 4.78 is 19.4. The molecule has 4 rings (SSSR count). The molecule has 0 aliphatic carbocycles. The van der Waals surface area contributed by atoms with Crippen molar-refractivity contribution in [3.8, 4) is 16.9 Å². The Hall–Kier alpha value is -2.14. The summed E-state index contributed by atoms with van der Waals surface area (Å²) in [5, 5.41) is 0. The molecule has 2 N–H and O–H groups in total. The summed E-state index contributed by atoms with van der Waals surface area (Å²) >= 11 is 0. The van der Waals surface area contributed by atoms with Gasteiger partial charge in [0.15, 0.2) is 0 Å². The molecule has 0 amide bonds. The molecule has 28 heavy (non-hydrogen) atoms. The normalized spacial score (nSPS) is 17.2. The number of nitrogens with zero attached hydrogens (tertiary/aromatic N) is 1. The van der Waals surface area contributed by atoms with Crippen LogP contribution in [0.15, 0.2) is 67.0 Å². The number of benzene rings is 2. The van der Waals surface area contributed by atoms with Crippen molar-refractivity contribution < 1.29 is 9.13 Å². The number of halogens is 3. The second-order valence-electron chi connectivity index (χ2n) is 7.00. The van der Waals surface area contributed by atoms with Crippen molar-refractivity contribution in [3.05, 3.63) is 83.9 Å². The van der Waals surface area contributed by atoms with Gasteiger partial charge in [-0.05, 0) is 60.7 Å². The van der Waals surface area contributed by atoms with E-state index in [1.54, 1.807) is 24.5 Å². The van der Waals surface area contributed by atoms with E-state index in [4.69, 9.17) is 10.5 Å². The molecule has 3 aromatic rings. The Morgan fingerprint density at radius 3 is 2.50 bits per heavy atom. The molecule has 0 radical (unpaired) electrons. The third-order valence-electron chi connectivity index (χ3n) is 5.12. The van der Waals surface area contributed by atoms with E-state index in [1.165, 1.54) is 17.7 Å². The number of ether oxygens (including phenoxy) is 1. The Kier molecular flexibility index (Phi) is 7.05. The van der Waals surface area contributed by atoms with Gasteiger partial charge in [-0.3, -0.25) is 4.98 Å². The molecule has 3 nitrogen and oxygen atoms in total. The van der Waals surface area contributed by atoms with Crippen molar-refractivity contribution in [1.82, 2.24) is 4.98 Å². The average Bonchev–Trinajstić information content (AvgIpc) is 2.68. The molecule has 6 heteroatoms. The van der Waals surface area contributed by atoms with Crippen LogP contribution in [0.2, 0.25) is 0 Å². The van der Waals surface area contributed by atoms with Gasteiger partial charge < -0.3 is 10.5 Å². The van der Waals surface area contributed by atoms with Crippen LogP contribution < -0.4 is 10.5 Å². The van der Waals surface area contributed by atoms with E-state index in [0.717, 1.165) is 35.3 Å². The first kappa shape index (κ1) is 22.2. The van der Waals surface area contributed by atoms with E-state index in [9.17, 15) is 4.39 Å². The Bertz CT molecular complexity index is 932. The minimum atomic E-state index is -0.684. The minimum absolute atomic E-state index is 0. The molecule has 2 heterocycles. The van der Waals surface area contributed by atoms with Crippen molar-refractivity contribution in [2.75, 3.05) is 0 Å². The van der Waals surface area contributed by atoms with Crippen molar-refractivity contribution >= 4 is 24.8 Å². The molecule has 0 saturated carbocycles. The smallest absolute Gasteiger partial charge is 0.123 e. The number of rotatable bonds is 3. The lowest BCUT2D eigenvalue weighted by Gasteiger charge is -2.38. The van der Waals surface area contributed by atoms with Crippen LogP contribution in [0, 0.1) is 5.82 Å². The summed E-state index contributed by atoms with van der Waals surface area (Å²) in [6.45, 7) is 1.98. The van der Waals surface area contributed by atoms with Gasteiger partial charge in [0.2, 0.25) is 0 Å². The van der Waals surface area contributed by atoms with Gasteiger partial charge in [0.05, 0.1) is 5.54 Å². The van der Waals surface area contributed by atoms with Crippen molar-refractivity contribution in [2.24, 2.45) is 5.73 Å². The third-order valence-corrected chi connectivity index (χ3v) is 5.12. The Labute approximate surface area is 177 Å². The Morgan fingerprint density at radius 2 is 1.75 bits per heavy atom. The van der Waals surface area contributed by atoms with Gasteiger partial charge in [-0.1, -0.05) is 30.3 Å². The average molecular weight is 421 g/mol. The largest absolute Gasteiger partial charge is 0.488 e. The van der Waals surface area contributed by atoms with E-state index >= 15 is 0 Å². The lowest BCUT2D eigenvalue weighted by molar-refractivity contribution is 0.0958. The molecule has 2 aromatic carbocycles. The van der Waals surface area contributed by atoms with Crippen LogP contribution >= 0.6 is 24.8 Å². The highest BCUT2D eigenvalue weighted by Crippen LogP contribution is 2.35. The maximum absolute atomic E-state index is 13.2. The van der Waals surface area contributed by atoms with Gasteiger partial charge in [-0.25, -0.2) is 4.39 Å². The third kappa shape index (κ3) is 4.30. The zero-order valence-corrected chi connectivity index (χ0v) is 17.1. The van der Waals surface area contributed by atoms with E-state index in [0.29, 0.717) is 0 Å². The fraction of sp³-hybridized carbons (Fsp3) is 0.227. The minimum Gasteiger partial charge on any atom is -0.488 e. The molecule has 0 spiro atoms. The van der Waals surface area contributed by atoms with Crippen LogP contribution in [0.4, 0.5) is 4.39 Å². The van der Waals surface area contributed by atoms with E-state index < -0.39 is 5.54 Å². The number of aromatic nitrogens is 1. The fourth-order valence-electron chi connectivity index (χ4n) is 3.47. The molecule has 1 aliphatic rings. The van der Waals surface area contributed by atoms with Crippen LogP contribution in [0.5, 0.6) is 5.75 Å². The van der Waals surface area contributed by atoms with Crippen LogP contribution in [0.3, 0.4) is 0 Å². The molecular formula is C22H23Cl2FN2O. The van der Waals surface area contributed by atoms with Crippen molar-refractivity contribution in [2.45, 2.75) is 31.4 Å². The second kappa shape index (κ2) is 8.91. The molecule has 0 saturated heterocycles. The van der Waals surface area contributed by atoms with Crippen LogP contribution in [0.1, 0.15) is 24.5 Å². The fourth-order valence-corrected chi connectivity index (χ4v) is 3.47. The molecule has 1 aromatic heterocycles. The lowest BCUT2D eigenvalue weighted by Crippen LogP contribution is -2.49. The highest BCUT2D eigenvalue weighted by molar-refractivity contribution is 5.85. The lowest BCUT2D eigenvalue weighted by atomic mass is 9.83. The SMILES string of the molecule is CC(N)(c1cncc(-c2ccc(F)cc2)c1)[C@H]1CCc2ccccc2O1.Cl.Cl. The van der Waals surface area contributed by atoms with Crippen LogP contribution in [-0.4, -0.2) is 11.1 Å². The highest BCUT2D eigenvalue weighted by Gasteiger charge is 2.36. The van der Waals surface area contributed by atoms with Gasteiger partial charge in [0.25, 0.3) is 0 Å². The van der Waals surface area contributed by atoms with E-state index in [1.807, 2.05) is 31.2 Å². The number of hydrogen-bond acceptors (Lipinski definition) is 3. The quantitative estimate of drug-likeness (QED) is 0.625. The predicted octanol–water partition coefficient (Wildman–Crippen LogP) is 5.30. The summed E-state index contributed by atoms with van der Waals surface area (Å²) in [6, 6.07) is 16.5. The highest BCUT2D eigenvalue weighted by atomic mass is 35.5. The molecular weight excluding hydrogens is 398 g/mol. The Morgan fingerprint density at radius 1 is 1.04 bits per heavy atom. The molecule has 1 unspecified atom stereocenters. The van der Waals surface area contributed by atoms with Gasteiger partial charge in [0, 0.05) is 18.0 Å². The Balaban J connectivity index is 0.00000140. The summed E-state index contributed by atoms with van der Waals surface area (Å²) in [5.74, 6) is 0.652. The number of fused-ring (bicyclic) bond motifs is 1. The number of aryl methyl sites for hydroxylation is 1. The topological polar surface area (TPSA) is 48.1 Å². The number of pyridine rings is 1. The van der Waals surface area contributed by atoms with E-state index in [2.05, 4.69) is 11.1 Å². The predicted molar refractivity (Wildman–Crippen MR) is 115 cm³/mol. The first-order chi connectivity index (χ1) is 12.5. The maximum atomic E-state index is 13.2. The second-order valence-corrected chi connectivity index (χ2v) is 7.00. The van der Waals surface area contributed by atoms with Crippen molar-refractivity contribution in [3.63, 3.8) is 0 Å². The summed E-state index contributed by atoms with van der Waals surface area (Å²) in [6.07, 6.45) is 5.22. The zero-order chi connectivity index (χ0) is 18.1. The van der Waals surface area contributed by atoms with Gasteiger partial charge in [-0.15, -0.1) is 24.8 Å². The monoisotopic (exact) mass is 420 g/mol. The summed E-state index contributed by atoms with van der Waals surface area (Å²) in [7, 11) is 0. The zero-order valence-electron chi connectivity index (χ0n) is 15.5. The number of para-hydroxylation sites is 1. The summed E-state index contributed by atoms with van der Waals surface area (Å²) in [5.41, 5.74) is 9.98. The number of hydrogen-bond donors (Lipinski definition) is 1. The summed E-state index contributed by atoms with van der Waals surface area (Å²) in [4.78, 5) is 4.36.